The van der Waals surface area contributed by atoms with Crippen LogP contribution in [0.5, 0.6) is 0 Å². The van der Waals surface area contributed by atoms with Gasteiger partial charge >= 0.3 is 0 Å². The quantitative estimate of drug-likeness (QED) is 0.370. The maximum absolute atomic E-state index is 12.5. The van der Waals surface area contributed by atoms with Crippen molar-refractivity contribution in [3.05, 3.63) is 70.7 Å². The van der Waals surface area contributed by atoms with Crippen molar-refractivity contribution in [3.63, 3.8) is 0 Å². The summed E-state index contributed by atoms with van der Waals surface area (Å²) in [5.41, 5.74) is 4.94. The van der Waals surface area contributed by atoms with E-state index in [0.717, 1.165) is 34.6 Å². The first-order chi connectivity index (χ1) is 15.1. The molecular weight excluding hydrogens is 428 g/mol. The van der Waals surface area contributed by atoms with E-state index in [4.69, 9.17) is 4.98 Å². The van der Waals surface area contributed by atoms with Gasteiger partial charge in [-0.25, -0.2) is 4.98 Å². The van der Waals surface area contributed by atoms with E-state index in [1.54, 1.807) is 16.5 Å². The molecule has 0 bridgehead atoms. The van der Waals surface area contributed by atoms with Crippen LogP contribution in [-0.2, 0) is 17.0 Å². The number of nitrogens with zero attached hydrogens (tertiary/aromatic N) is 6. The van der Waals surface area contributed by atoms with Crippen molar-refractivity contribution >= 4 is 39.8 Å². The predicted octanol–water partition coefficient (Wildman–Crippen LogP) is 4.97. The molecule has 0 atom stereocenters. The molecule has 7 nitrogen and oxygen atoms in total. The average molecular weight is 451 g/mol. The summed E-state index contributed by atoms with van der Waals surface area (Å²) >= 11 is 2.97. The number of aryl methyl sites for hydroxylation is 2. The Morgan fingerprint density at radius 2 is 2.03 bits per heavy atom. The molecule has 2 aromatic carbocycles. The summed E-state index contributed by atoms with van der Waals surface area (Å²) in [6.07, 6.45) is 0.843. The number of carbonyl (C=O) groups excluding carboxylic acids is 1. The Morgan fingerprint density at radius 3 is 2.81 bits per heavy atom. The lowest BCUT2D eigenvalue weighted by atomic mass is 10.1. The highest BCUT2D eigenvalue weighted by Crippen LogP contribution is 2.33. The van der Waals surface area contributed by atoms with Crippen LogP contribution in [-0.4, -0.2) is 31.1 Å². The van der Waals surface area contributed by atoms with E-state index in [2.05, 4.69) is 22.4 Å². The van der Waals surface area contributed by atoms with Gasteiger partial charge < -0.3 is 0 Å². The van der Waals surface area contributed by atoms with Gasteiger partial charge in [-0.2, -0.15) is 4.68 Å². The second-order valence-electron chi connectivity index (χ2n) is 6.96. The Balaban J connectivity index is 1.54. The first-order valence-electron chi connectivity index (χ1n) is 9.88. The first-order valence-corrected chi connectivity index (χ1v) is 11.7. The number of rotatable bonds is 7. The average Bonchev–Trinajstić information content (AvgIpc) is 3.42. The molecule has 1 amide bonds. The number of thioether (sulfide) groups is 1. The third-order valence-electron chi connectivity index (χ3n) is 4.70. The molecule has 4 rings (SSSR count). The molecule has 2 heterocycles. The van der Waals surface area contributed by atoms with Gasteiger partial charge in [-0.1, -0.05) is 49.0 Å². The van der Waals surface area contributed by atoms with Gasteiger partial charge in [0.15, 0.2) is 5.13 Å². The lowest BCUT2D eigenvalue weighted by Crippen LogP contribution is -2.23. The number of tetrazole rings is 1. The van der Waals surface area contributed by atoms with Crippen molar-refractivity contribution in [2.75, 3.05) is 4.90 Å². The molecule has 0 aliphatic rings. The Hall–Kier alpha value is -3.04. The van der Waals surface area contributed by atoms with Crippen LogP contribution in [0.15, 0.2) is 59.1 Å². The fourth-order valence-corrected chi connectivity index (χ4v) is 5.00. The van der Waals surface area contributed by atoms with Crippen molar-refractivity contribution in [1.29, 1.82) is 0 Å². The minimum absolute atomic E-state index is 0.0576. The number of amides is 1. The zero-order valence-electron chi connectivity index (χ0n) is 17.5. The van der Waals surface area contributed by atoms with Gasteiger partial charge in [0.05, 0.1) is 17.1 Å². The topological polar surface area (TPSA) is 76.8 Å². The number of aromatic nitrogens is 5. The third-order valence-corrected chi connectivity index (χ3v) is 6.52. The van der Waals surface area contributed by atoms with Crippen LogP contribution >= 0.6 is 23.1 Å². The summed E-state index contributed by atoms with van der Waals surface area (Å²) in [5.74, 6) is 0.543. The summed E-state index contributed by atoms with van der Waals surface area (Å²) in [7, 11) is 0. The van der Waals surface area contributed by atoms with Gasteiger partial charge in [0, 0.05) is 18.1 Å². The van der Waals surface area contributed by atoms with E-state index in [1.165, 1.54) is 23.1 Å². The Morgan fingerprint density at radius 1 is 1.19 bits per heavy atom. The molecule has 0 unspecified atom stereocenters. The minimum Gasteiger partial charge on any atom is -0.274 e. The molecule has 4 aromatic rings. The minimum atomic E-state index is -0.0576. The van der Waals surface area contributed by atoms with Crippen molar-refractivity contribution < 1.29 is 4.79 Å². The summed E-state index contributed by atoms with van der Waals surface area (Å²) in [6, 6.07) is 16.0. The standard InChI is InChI=1S/C22H22N6OS2/c1-4-17-9-5-6-11-20(17)27(16(3)29)21-23-18(13-30-21)14-31-22-24-25-26-28(22)19-10-7-8-15(2)12-19/h5-13H,4,14H2,1-3H3. The number of thiazole rings is 1. The Labute approximate surface area is 189 Å². The van der Waals surface area contributed by atoms with Crippen LogP contribution in [0.1, 0.15) is 30.7 Å². The summed E-state index contributed by atoms with van der Waals surface area (Å²) in [4.78, 5) is 18.9. The van der Waals surface area contributed by atoms with Crippen molar-refractivity contribution in [2.45, 2.75) is 38.1 Å². The zero-order chi connectivity index (χ0) is 21.8. The zero-order valence-corrected chi connectivity index (χ0v) is 19.2. The number of hydrogen-bond acceptors (Lipinski definition) is 7. The van der Waals surface area contributed by atoms with E-state index in [9.17, 15) is 4.79 Å². The van der Waals surface area contributed by atoms with Gasteiger partial charge in [0.1, 0.15) is 0 Å². The van der Waals surface area contributed by atoms with Gasteiger partial charge in [-0.05, 0) is 53.1 Å². The highest BCUT2D eigenvalue weighted by molar-refractivity contribution is 7.98. The van der Waals surface area contributed by atoms with Crippen molar-refractivity contribution in [3.8, 4) is 5.69 Å². The van der Waals surface area contributed by atoms with Gasteiger partial charge in [0.2, 0.25) is 11.1 Å². The van der Waals surface area contributed by atoms with E-state index in [0.29, 0.717) is 16.0 Å². The normalized spacial score (nSPS) is 10.9. The largest absolute Gasteiger partial charge is 0.274 e. The van der Waals surface area contributed by atoms with Crippen LogP contribution in [0.2, 0.25) is 0 Å². The summed E-state index contributed by atoms with van der Waals surface area (Å²) in [5, 5.41) is 15.4. The van der Waals surface area contributed by atoms with E-state index < -0.39 is 0 Å². The Kier molecular flexibility index (Phi) is 6.43. The molecule has 0 saturated carbocycles. The molecule has 0 aliphatic heterocycles. The lowest BCUT2D eigenvalue weighted by molar-refractivity contribution is -0.115. The molecule has 158 valence electrons. The summed E-state index contributed by atoms with van der Waals surface area (Å²) in [6.45, 7) is 5.69. The van der Waals surface area contributed by atoms with Crippen LogP contribution in [0.3, 0.4) is 0 Å². The number of anilines is 2. The molecule has 0 N–H and O–H groups in total. The van der Waals surface area contributed by atoms with Crippen LogP contribution in [0.4, 0.5) is 10.8 Å². The van der Waals surface area contributed by atoms with Gasteiger partial charge in [-0.15, -0.1) is 16.4 Å². The number of benzene rings is 2. The number of hydrogen-bond donors (Lipinski definition) is 0. The Bertz CT molecular complexity index is 1200. The molecule has 31 heavy (non-hydrogen) atoms. The van der Waals surface area contributed by atoms with Gasteiger partial charge in [-0.3, -0.25) is 9.69 Å². The van der Waals surface area contributed by atoms with Crippen molar-refractivity contribution in [2.24, 2.45) is 0 Å². The summed E-state index contributed by atoms with van der Waals surface area (Å²) < 4.78 is 1.73. The monoisotopic (exact) mass is 450 g/mol. The highest BCUT2D eigenvalue weighted by atomic mass is 32.2. The second kappa shape index (κ2) is 9.40. The highest BCUT2D eigenvalue weighted by Gasteiger charge is 2.20. The molecule has 0 spiro atoms. The van der Waals surface area contributed by atoms with E-state index >= 15 is 0 Å². The van der Waals surface area contributed by atoms with E-state index in [1.807, 2.05) is 60.8 Å². The molecule has 0 saturated heterocycles. The molecule has 0 radical (unpaired) electrons. The fraction of sp³-hybridized carbons (Fsp3) is 0.227. The smallest absolute Gasteiger partial charge is 0.230 e. The maximum Gasteiger partial charge on any atom is 0.230 e. The van der Waals surface area contributed by atoms with Gasteiger partial charge in [0.25, 0.3) is 0 Å². The number of carbonyl (C=O) groups is 1. The van der Waals surface area contributed by atoms with E-state index in [-0.39, 0.29) is 5.91 Å². The molecule has 2 aromatic heterocycles. The molecule has 0 fully saturated rings. The molecule has 0 aliphatic carbocycles. The van der Waals surface area contributed by atoms with Crippen LogP contribution < -0.4 is 4.90 Å². The predicted molar refractivity (Wildman–Crippen MR) is 124 cm³/mol. The maximum atomic E-state index is 12.5. The second-order valence-corrected chi connectivity index (χ2v) is 8.74. The number of para-hydroxylation sites is 1. The molecular formula is C22H22N6OS2. The van der Waals surface area contributed by atoms with Crippen LogP contribution in [0.25, 0.3) is 5.69 Å². The first kappa shape index (κ1) is 21.2. The fourth-order valence-electron chi connectivity index (χ4n) is 3.23. The molecule has 9 heteroatoms. The third kappa shape index (κ3) is 4.67. The van der Waals surface area contributed by atoms with Crippen LogP contribution in [0, 0.1) is 6.92 Å². The SMILES string of the molecule is CCc1ccccc1N(C(C)=O)c1nc(CSc2nnnn2-c2cccc(C)c2)cs1. The lowest BCUT2D eigenvalue weighted by Gasteiger charge is -2.20. The van der Waals surface area contributed by atoms with Crippen molar-refractivity contribution in [1.82, 2.24) is 25.2 Å².